The lowest BCUT2D eigenvalue weighted by Gasteiger charge is -2.40. The van der Waals surface area contributed by atoms with Gasteiger partial charge in [0.2, 0.25) is 5.91 Å². The summed E-state index contributed by atoms with van der Waals surface area (Å²) in [6.45, 7) is 3.77. The molecule has 1 rings (SSSR count). The summed E-state index contributed by atoms with van der Waals surface area (Å²) < 4.78 is 11.2. The normalized spacial score (nSPS) is 21.9. The molecule has 1 amide bonds. The van der Waals surface area contributed by atoms with E-state index in [-0.39, 0.29) is 12.5 Å². The zero-order valence-electron chi connectivity index (χ0n) is 33.6. The van der Waals surface area contributed by atoms with Crippen LogP contribution in [0.25, 0.3) is 0 Å². The van der Waals surface area contributed by atoms with E-state index in [0.717, 1.165) is 38.5 Å². The average molecular weight is 742 g/mol. The lowest BCUT2D eigenvalue weighted by atomic mass is 9.99. The zero-order chi connectivity index (χ0) is 38.1. The Kier molecular flexibility index (Phi) is 32.4. The molecule has 9 heteroatoms. The van der Waals surface area contributed by atoms with E-state index in [1.165, 1.54) is 141 Å². The quantitative estimate of drug-likeness (QED) is 0.0277. The van der Waals surface area contributed by atoms with Gasteiger partial charge in [0.05, 0.1) is 25.4 Å². The van der Waals surface area contributed by atoms with Crippen molar-refractivity contribution in [1.29, 1.82) is 0 Å². The predicted octanol–water partition coefficient (Wildman–Crippen LogP) is 8.56. The number of unbranched alkanes of at least 4 members (excludes halogenated alkanes) is 26. The maximum atomic E-state index is 12.9. The highest BCUT2D eigenvalue weighted by Crippen LogP contribution is 2.22. The average Bonchev–Trinajstić information content (AvgIpc) is 3.14. The van der Waals surface area contributed by atoms with Gasteiger partial charge in [0.1, 0.15) is 24.4 Å². The smallest absolute Gasteiger partial charge is 0.220 e. The van der Waals surface area contributed by atoms with Crippen molar-refractivity contribution in [2.75, 3.05) is 13.2 Å². The van der Waals surface area contributed by atoms with Gasteiger partial charge in [-0.3, -0.25) is 4.79 Å². The van der Waals surface area contributed by atoms with Gasteiger partial charge in [-0.1, -0.05) is 187 Å². The number of aliphatic hydroxyl groups is 5. The summed E-state index contributed by atoms with van der Waals surface area (Å²) in [5, 5.41) is 54.1. The van der Waals surface area contributed by atoms with Gasteiger partial charge >= 0.3 is 0 Å². The summed E-state index contributed by atoms with van der Waals surface area (Å²) in [4.78, 5) is 12.9. The van der Waals surface area contributed by atoms with Crippen molar-refractivity contribution in [1.82, 2.24) is 5.32 Å². The minimum absolute atomic E-state index is 0.176. The van der Waals surface area contributed by atoms with Gasteiger partial charge < -0.3 is 40.3 Å². The number of allylic oxidation sites excluding steroid dienone is 1. The van der Waals surface area contributed by atoms with E-state index in [2.05, 4.69) is 19.2 Å². The van der Waals surface area contributed by atoms with Gasteiger partial charge in [0.25, 0.3) is 0 Å². The summed E-state index contributed by atoms with van der Waals surface area (Å²) in [7, 11) is 0. The van der Waals surface area contributed by atoms with E-state index >= 15 is 0 Å². The number of hydrogen-bond donors (Lipinski definition) is 6. The number of carbonyl (C=O) groups is 1. The number of carbonyl (C=O) groups excluding carboxylic acids is 1. The predicted molar refractivity (Wildman–Crippen MR) is 212 cm³/mol. The highest BCUT2D eigenvalue weighted by Gasteiger charge is 2.44. The summed E-state index contributed by atoms with van der Waals surface area (Å²) in [6.07, 6.45) is 31.0. The molecule has 0 aliphatic carbocycles. The molecule has 0 bridgehead atoms. The van der Waals surface area contributed by atoms with Crippen LogP contribution in [-0.4, -0.2) is 87.5 Å². The molecule has 1 aliphatic heterocycles. The monoisotopic (exact) mass is 742 g/mol. The van der Waals surface area contributed by atoms with Crippen LogP contribution >= 0.6 is 0 Å². The molecular weight excluding hydrogens is 658 g/mol. The molecule has 2 unspecified atom stereocenters. The molecule has 1 saturated heterocycles. The van der Waals surface area contributed by atoms with Crippen molar-refractivity contribution in [3.63, 3.8) is 0 Å². The summed E-state index contributed by atoms with van der Waals surface area (Å²) >= 11 is 0. The fourth-order valence-electron chi connectivity index (χ4n) is 7.04. The third-order valence-electron chi connectivity index (χ3n) is 10.6. The van der Waals surface area contributed by atoms with Crippen molar-refractivity contribution in [2.24, 2.45) is 0 Å². The molecule has 1 heterocycles. The van der Waals surface area contributed by atoms with Crippen LogP contribution in [0.1, 0.15) is 200 Å². The molecule has 9 nitrogen and oxygen atoms in total. The van der Waals surface area contributed by atoms with Crippen LogP contribution in [0.5, 0.6) is 0 Å². The van der Waals surface area contributed by atoms with Crippen LogP contribution in [0.4, 0.5) is 0 Å². The SMILES string of the molecule is CCCCCCCCCCCCCCCC/C=C/[C@@H](O)[C@H](CO[C@@H]1O[C@H](CO)[C@H](O)C(O)C1O)NC(=O)CCCCCCCCCCCCCCC. The van der Waals surface area contributed by atoms with Gasteiger partial charge in [-0.25, -0.2) is 0 Å². The van der Waals surface area contributed by atoms with E-state index in [4.69, 9.17) is 9.47 Å². The third kappa shape index (κ3) is 25.1. The van der Waals surface area contributed by atoms with Crippen LogP contribution in [0.3, 0.4) is 0 Å². The molecule has 0 saturated carbocycles. The minimum Gasteiger partial charge on any atom is -0.394 e. The van der Waals surface area contributed by atoms with E-state index < -0.39 is 49.5 Å². The zero-order valence-corrected chi connectivity index (χ0v) is 33.6. The van der Waals surface area contributed by atoms with E-state index in [0.29, 0.717) is 6.42 Å². The first-order valence-electron chi connectivity index (χ1n) is 21.9. The van der Waals surface area contributed by atoms with Crippen LogP contribution in [0.2, 0.25) is 0 Å². The Labute approximate surface area is 318 Å². The van der Waals surface area contributed by atoms with Gasteiger partial charge in [0, 0.05) is 6.42 Å². The molecule has 308 valence electrons. The highest BCUT2D eigenvalue weighted by molar-refractivity contribution is 5.76. The first-order valence-corrected chi connectivity index (χ1v) is 21.9. The largest absolute Gasteiger partial charge is 0.394 e. The molecule has 0 aromatic carbocycles. The molecular formula is C43H83NO8. The van der Waals surface area contributed by atoms with Gasteiger partial charge in [0.15, 0.2) is 6.29 Å². The number of ether oxygens (including phenoxy) is 2. The Morgan fingerprint density at radius 2 is 1.06 bits per heavy atom. The molecule has 1 aliphatic rings. The summed E-state index contributed by atoms with van der Waals surface area (Å²) in [6, 6.07) is -0.797. The molecule has 1 fully saturated rings. The van der Waals surface area contributed by atoms with E-state index in [1.807, 2.05) is 6.08 Å². The Balaban J connectivity index is 2.39. The highest BCUT2D eigenvalue weighted by atomic mass is 16.7. The molecule has 0 spiro atoms. The van der Waals surface area contributed by atoms with Gasteiger partial charge in [-0.05, 0) is 19.3 Å². The first-order chi connectivity index (χ1) is 25.3. The number of amides is 1. The minimum atomic E-state index is -1.56. The van der Waals surface area contributed by atoms with Crippen LogP contribution in [0, 0.1) is 0 Å². The molecule has 0 aromatic rings. The van der Waals surface area contributed by atoms with Crippen molar-refractivity contribution in [3.05, 3.63) is 12.2 Å². The number of hydrogen-bond acceptors (Lipinski definition) is 8. The number of aliphatic hydroxyl groups excluding tert-OH is 5. The van der Waals surface area contributed by atoms with E-state index in [9.17, 15) is 30.3 Å². The van der Waals surface area contributed by atoms with Crippen molar-refractivity contribution < 1.29 is 39.8 Å². The fraction of sp³-hybridized carbons (Fsp3) is 0.930. The molecule has 6 N–H and O–H groups in total. The molecule has 0 aromatic heterocycles. The Hall–Kier alpha value is -1.07. The first kappa shape index (κ1) is 48.9. The fourth-order valence-corrected chi connectivity index (χ4v) is 7.04. The topological polar surface area (TPSA) is 149 Å². The number of rotatable bonds is 36. The Morgan fingerprint density at radius 1 is 0.635 bits per heavy atom. The van der Waals surface area contributed by atoms with Crippen molar-refractivity contribution >= 4 is 5.91 Å². The standard InChI is InChI=1S/C43H83NO8/c1-3-5-7-9-11-13-15-17-18-19-21-22-24-26-28-30-32-37(46)36(35-51-43-42(50)41(49)40(48)38(34-45)52-43)44-39(47)33-31-29-27-25-23-20-16-14-12-10-8-6-4-2/h30,32,36-38,40-43,45-46,48-50H,3-29,31,33-35H2,1-2H3,(H,44,47)/b32-30+/t36-,37+,38+,40-,41?,42?,43+/m0/s1. The van der Waals surface area contributed by atoms with E-state index in [1.54, 1.807) is 6.08 Å². The summed E-state index contributed by atoms with van der Waals surface area (Å²) in [5.41, 5.74) is 0. The lowest BCUT2D eigenvalue weighted by molar-refractivity contribution is -0.302. The molecule has 0 radical (unpaired) electrons. The Bertz CT molecular complexity index is 827. The van der Waals surface area contributed by atoms with Gasteiger partial charge in [-0.15, -0.1) is 0 Å². The van der Waals surface area contributed by atoms with Crippen LogP contribution in [0.15, 0.2) is 12.2 Å². The van der Waals surface area contributed by atoms with Crippen molar-refractivity contribution in [3.8, 4) is 0 Å². The molecule has 7 atom stereocenters. The summed E-state index contributed by atoms with van der Waals surface area (Å²) in [5.74, 6) is -0.176. The second-order valence-electron chi connectivity index (χ2n) is 15.5. The van der Waals surface area contributed by atoms with Crippen molar-refractivity contribution in [2.45, 2.75) is 243 Å². The maximum absolute atomic E-state index is 12.9. The molecule has 52 heavy (non-hydrogen) atoms. The second kappa shape index (κ2) is 34.4. The maximum Gasteiger partial charge on any atom is 0.220 e. The van der Waals surface area contributed by atoms with Crippen LogP contribution in [-0.2, 0) is 14.3 Å². The number of nitrogens with one attached hydrogen (secondary N) is 1. The second-order valence-corrected chi connectivity index (χ2v) is 15.5. The van der Waals surface area contributed by atoms with Gasteiger partial charge in [-0.2, -0.15) is 0 Å². The van der Waals surface area contributed by atoms with Crippen LogP contribution < -0.4 is 5.32 Å². The Morgan fingerprint density at radius 3 is 1.50 bits per heavy atom. The lowest BCUT2D eigenvalue weighted by Crippen LogP contribution is -2.60. The third-order valence-corrected chi connectivity index (χ3v) is 10.6.